The molecule has 4 nitrogen and oxygen atoms in total. The second-order valence-corrected chi connectivity index (χ2v) is 7.26. The quantitative estimate of drug-likeness (QED) is 0.608. The molecule has 1 fully saturated rings. The maximum absolute atomic E-state index is 13.0. The normalized spacial score (nSPS) is 13.3. The zero-order valence-electron chi connectivity index (χ0n) is 15.7. The lowest BCUT2D eigenvalue weighted by Crippen LogP contribution is -2.13. The van der Waals surface area contributed by atoms with Gasteiger partial charge in [0.25, 0.3) is 0 Å². The standard InChI is InChI=1S/C12H13FN2S.C8H8O.CH5N/c13-8-5-6-10-11(7-8)16-12(15-10)14-9-3-1-2-4-9;1-7-4-2-3-5-8(7)6-9;1-2/h5-7,9H,1-4H2,(H,14,15);2-6H,1H3;2H2,1H3. The number of fused-ring (bicyclic) bond motifs is 1. The van der Waals surface area contributed by atoms with Gasteiger partial charge in [-0.1, -0.05) is 48.4 Å². The van der Waals surface area contributed by atoms with E-state index in [1.54, 1.807) is 12.1 Å². The Labute approximate surface area is 163 Å². The molecule has 144 valence electrons. The van der Waals surface area contributed by atoms with Crippen LogP contribution in [0.15, 0.2) is 42.5 Å². The van der Waals surface area contributed by atoms with E-state index >= 15 is 0 Å². The summed E-state index contributed by atoms with van der Waals surface area (Å²) in [5.41, 5.74) is 7.19. The minimum atomic E-state index is -0.191. The molecule has 27 heavy (non-hydrogen) atoms. The van der Waals surface area contributed by atoms with Gasteiger partial charge in [-0.2, -0.15) is 0 Å². The molecule has 0 unspecified atom stereocenters. The highest BCUT2D eigenvalue weighted by atomic mass is 32.1. The average molecular weight is 388 g/mol. The van der Waals surface area contributed by atoms with Crippen molar-refractivity contribution >= 4 is 33.0 Å². The predicted octanol–water partition coefficient (Wildman–Crippen LogP) is 5.17. The molecule has 6 heteroatoms. The first-order chi connectivity index (χ1) is 13.2. The molecule has 0 radical (unpaired) electrons. The third-order valence-corrected chi connectivity index (χ3v) is 5.30. The van der Waals surface area contributed by atoms with E-state index in [-0.39, 0.29) is 5.82 Å². The van der Waals surface area contributed by atoms with E-state index in [9.17, 15) is 9.18 Å². The zero-order chi connectivity index (χ0) is 19.6. The fraction of sp³-hybridized carbons (Fsp3) is 0.333. The van der Waals surface area contributed by atoms with Gasteiger partial charge in [-0.05, 0) is 50.6 Å². The number of aryl methyl sites for hydroxylation is 1. The molecule has 1 saturated carbocycles. The fourth-order valence-corrected chi connectivity index (χ4v) is 3.89. The van der Waals surface area contributed by atoms with Gasteiger partial charge in [0.05, 0.1) is 10.2 Å². The summed E-state index contributed by atoms with van der Waals surface area (Å²) >= 11 is 1.54. The van der Waals surface area contributed by atoms with Crippen LogP contribution in [0.4, 0.5) is 9.52 Å². The molecule has 4 rings (SSSR count). The van der Waals surface area contributed by atoms with E-state index in [2.05, 4.69) is 16.0 Å². The summed E-state index contributed by atoms with van der Waals surface area (Å²) in [6.07, 6.45) is 5.93. The van der Waals surface area contributed by atoms with Crippen LogP contribution in [0.2, 0.25) is 0 Å². The summed E-state index contributed by atoms with van der Waals surface area (Å²) in [7, 11) is 1.50. The van der Waals surface area contributed by atoms with Crippen LogP contribution in [-0.2, 0) is 0 Å². The van der Waals surface area contributed by atoms with Gasteiger partial charge in [-0.25, -0.2) is 9.37 Å². The first kappa shape index (κ1) is 21.0. The number of carbonyl (C=O) groups is 1. The number of nitrogens with one attached hydrogen (secondary N) is 1. The molecule has 0 amide bonds. The van der Waals surface area contributed by atoms with Crippen molar-refractivity contribution in [1.29, 1.82) is 0 Å². The second-order valence-electron chi connectivity index (χ2n) is 6.23. The molecule has 1 aliphatic rings. The molecule has 0 atom stereocenters. The number of carbonyl (C=O) groups excluding carboxylic acids is 1. The van der Waals surface area contributed by atoms with Crippen LogP contribution in [-0.4, -0.2) is 24.4 Å². The Morgan fingerprint density at radius 2 is 1.89 bits per heavy atom. The van der Waals surface area contributed by atoms with Crippen molar-refractivity contribution in [3.05, 3.63) is 59.4 Å². The number of nitrogens with zero attached hydrogens (tertiary/aromatic N) is 1. The van der Waals surface area contributed by atoms with E-state index in [0.29, 0.717) is 6.04 Å². The summed E-state index contributed by atoms with van der Waals surface area (Å²) in [5.74, 6) is -0.191. The van der Waals surface area contributed by atoms with Gasteiger partial charge in [0.1, 0.15) is 12.1 Å². The van der Waals surface area contributed by atoms with Crippen molar-refractivity contribution in [2.24, 2.45) is 5.73 Å². The van der Waals surface area contributed by atoms with E-state index in [1.807, 2.05) is 31.2 Å². The molecule has 2 aromatic carbocycles. The number of hydrogen-bond acceptors (Lipinski definition) is 5. The monoisotopic (exact) mass is 387 g/mol. The van der Waals surface area contributed by atoms with Gasteiger partial charge in [0.15, 0.2) is 5.13 Å². The number of anilines is 1. The van der Waals surface area contributed by atoms with Crippen molar-refractivity contribution in [3.8, 4) is 0 Å². The Kier molecular flexibility index (Phi) is 8.36. The van der Waals surface area contributed by atoms with Crippen LogP contribution in [0.1, 0.15) is 41.6 Å². The molecular formula is C21H26FN3OS. The zero-order valence-corrected chi connectivity index (χ0v) is 16.6. The Hall–Kier alpha value is -2.31. The van der Waals surface area contributed by atoms with Gasteiger partial charge in [-0.15, -0.1) is 0 Å². The Morgan fingerprint density at radius 1 is 1.19 bits per heavy atom. The molecular weight excluding hydrogens is 361 g/mol. The predicted molar refractivity (Wildman–Crippen MR) is 112 cm³/mol. The Morgan fingerprint density at radius 3 is 2.52 bits per heavy atom. The van der Waals surface area contributed by atoms with Gasteiger partial charge in [0.2, 0.25) is 0 Å². The van der Waals surface area contributed by atoms with Crippen molar-refractivity contribution < 1.29 is 9.18 Å². The molecule has 3 aromatic rings. The number of thiazole rings is 1. The summed E-state index contributed by atoms with van der Waals surface area (Å²) in [5, 5.41) is 4.36. The Bertz CT molecular complexity index is 860. The van der Waals surface area contributed by atoms with Gasteiger partial charge in [0, 0.05) is 11.6 Å². The number of rotatable bonds is 3. The minimum absolute atomic E-state index is 0.191. The van der Waals surface area contributed by atoms with Crippen LogP contribution < -0.4 is 11.1 Å². The first-order valence-electron chi connectivity index (χ1n) is 9.07. The Balaban J connectivity index is 0.000000203. The van der Waals surface area contributed by atoms with Crippen LogP contribution in [0, 0.1) is 12.7 Å². The summed E-state index contributed by atoms with van der Waals surface area (Å²) < 4.78 is 13.9. The molecule has 0 spiro atoms. The fourth-order valence-electron chi connectivity index (χ4n) is 2.92. The van der Waals surface area contributed by atoms with Gasteiger partial charge in [-0.3, -0.25) is 4.79 Å². The van der Waals surface area contributed by atoms with Crippen LogP contribution >= 0.6 is 11.3 Å². The number of hydrogen-bond donors (Lipinski definition) is 2. The molecule has 3 N–H and O–H groups in total. The van der Waals surface area contributed by atoms with E-state index in [1.165, 1.54) is 50.1 Å². The molecule has 1 aromatic heterocycles. The maximum Gasteiger partial charge on any atom is 0.184 e. The smallest absolute Gasteiger partial charge is 0.184 e. The third-order valence-electron chi connectivity index (χ3n) is 4.35. The largest absolute Gasteiger partial charge is 0.359 e. The maximum atomic E-state index is 13.0. The highest BCUT2D eigenvalue weighted by Crippen LogP contribution is 2.29. The van der Waals surface area contributed by atoms with Crippen molar-refractivity contribution in [1.82, 2.24) is 4.98 Å². The lowest BCUT2D eigenvalue weighted by Gasteiger charge is -2.09. The third kappa shape index (κ3) is 6.12. The van der Waals surface area contributed by atoms with Crippen LogP contribution in [0.5, 0.6) is 0 Å². The average Bonchev–Trinajstić information content (AvgIpc) is 3.33. The molecule has 0 saturated heterocycles. The number of aromatic nitrogens is 1. The molecule has 0 bridgehead atoms. The van der Waals surface area contributed by atoms with Crippen molar-refractivity contribution in [2.75, 3.05) is 12.4 Å². The highest BCUT2D eigenvalue weighted by Gasteiger charge is 2.16. The number of nitrogens with two attached hydrogens (primary N) is 1. The molecule has 1 aliphatic carbocycles. The van der Waals surface area contributed by atoms with Gasteiger partial charge >= 0.3 is 0 Å². The number of benzene rings is 2. The summed E-state index contributed by atoms with van der Waals surface area (Å²) in [6.45, 7) is 1.92. The number of halogens is 1. The second kappa shape index (κ2) is 10.7. The number of aldehydes is 1. The van der Waals surface area contributed by atoms with E-state index in [4.69, 9.17) is 0 Å². The van der Waals surface area contributed by atoms with Crippen LogP contribution in [0.3, 0.4) is 0 Å². The van der Waals surface area contributed by atoms with E-state index < -0.39 is 0 Å². The van der Waals surface area contributed by atoms with Gasteiger partial charge < -0.3 is 11.1 Å². The summed E-state index contributed by atoms with van der Waals surface area (Å²) in [4.78, 5) is 14.7. The van der Waals surface area contributed by atoms with E-state index in [0.717, 1.165) is 32.8 Å². The highest BCUT2D eigenvalue weighted by molar-refractivity contribution is 7.22. The lowest BCUT2D eigenvalue weighted by atomic mass is 10.1. The van der Waals surface area contributed by atoms with Crippen LogP contribution in [0.25, 0.3) is 10.2 Å². The summed E-state index contributed by atoms with van der Waals surface area (Å²) in [6, 6.07) is 12.8. The topological polar surface area (TPSA) is 68.0 Å². The van der Waals surface area contributed by atoms with Crippen molar-refractivity contribution in [3.63, 3.8) is 0 Å². The first-order valence-corrected chi connectivity index (χ1v) is 9.88. The SMILES string of the molecule is CN.Cc1ccccc1C=O.Fc1ccc2nc(NC3CCCC3)sc2c1. The lowest BCUT2D eigenvalue weighted by molar-refractivity contribution is 0.112. The van der Waals surface area contributed by atoms with Crippen molar-refractivity contribution in [2.45, 2.75) is 38.6 Å². The molecule has 0 aliphatic heterocycles. The molecule has 1 heterocycles. The minimum Gasteiger partial charge on any atom is -0.359 e.